The van der Waals surface area contributed by atoms with Gasteiger partial charge in [0, 0.05) is 18.0 Å². The third-order valence-corrected chi connectivity index (χ3v) is 5.30. The Morgan fingerprint density at radius 3 is 2.52 bits per heavy atom. The van der Waals surface area contributed by atoms with Crippen LogP contribution in [0.1, 0.15) is 29.9 Å². The van der Waals surface area contributed by atoms with Crippen molar-refractivity contribution in [2.75, 3.05) is 14.2 Å². The van der Waals surface area contributed by atoms with Gasteiger partial charge < -0.3 is 9.84 Å². The maximum Gasteiger partial charge on any atom is 0.310 e. The quantitative estimate of drug-likeness (QED) is 0.842. The second-order valence-electron chi connectivity index (χ2n) is 6.41. The van der Waals surface area contributed by atoms with Gasteiger partial charge in [0.05, 0.1) is 19.1 Å². The zero-order valence-electron chi connectivity index (χ0n) is 12.8. The fourth-order valence-electron chi connectivity index (χ4n) is 4.10. The molecule has 0 aliphatic carbocycles. The van der Waals surface area contributed by atoms with E-state index in [2.05, 4.69) is 36.1 Å². The summed E-state index contributed by atoms with van der Waals surface area (Å²) in [5.41, 5.74) is 2.39. The number of carbonyl (C=O) groups excluding carboxylic acids is 1. The summed E-state index contributed by atoms with van der Waals surface area (Å²) in [5.74, 6) is -0.234. The third kappa shape index (κ3) is 2.36. The highest BCUT2D eigenvalue weighted by molar-refractivity contribution is 5.75. The highest BCUT2D eigenvalue weighted by atomic mass is 16.5. The molecular weight excluding hydrogens is 266 g/mol. The van der Waals surface area contributed by atoms with Gasteiger partial charge in [0.15, 0.2) is 0 Å². The van der Waals surface area contributed by atoms with E-state index in [1.165, 1.54) is 18.2 Å². The lowest BCUT2D eigenvalue weighted by molar-refractivity contribution is -0.150. The first-order chi connectivity index (χ1) is 10.0. The summed E-state index contributed by atoms with van der Waals surface area (Å²) in [6.07, 6.45) is 1.11. The summed E-state index contributed by atoms with van der Waals surface area (Å²) >= 11 is 0. The van der Waals surface area contributed by atoms with Crippen molar-refractivity contribution in [3.05, 3.63) is 35.4 Å². The van der Waals surface area contributed by atoms with Crippen molar-refractivity contribution in [2.24, 2.45) is 5.92 Å². The van der Waals surface area contributed by atoms with Crippen LogP contribution in [0.4, 0.5) is 0 Å². The maximum absolute atomic E-state index is 12.3. The fraction of sp³-hybridized carbons (Fsp3) is 0.588. The van der Waals surface area contributed by atoms with Crippen LogP contribution in [-0.2, 0) is 9.53 Å². The normalized spacial score (nSPS) is 35.7. The number of hydrogen-bond acceptors (Lipinski definition) is 4. The molecular formula is C17H23NO3. The number of aliphatic hydroxyl groups is 1. The molecule has 3 rings (SSSR count). The second kappa shape index (κ2) is 5.43. The highest BCUT2D eigenvalue weighted by Gasteiger charge is 2.53. The van der Waals surface area contributed by atoms with Gasteiger partial charge in [0.2, 0.25) is 0 Å². The van der Waals surface area contributed by atoms with Gasteiger partial charge in [-0.1, -0.05) is 29.8 Å². The Morgan fingerprint density at radius 1 is 1.24 bits per heavy atom. The Bertz CT molecular complexity index is 527. The molecule has 21 heavy (non-hydrogen) atoms. The Morgan fingerprint density at radius 2 is 1.90 bits per heavy atom. The minimum Gasteiger partial charge on any atom is -0.469 e. The summed E-state index contributed by atoms with van der Waals surface area (Å²) in [6.45, 7) is 2.06. The summed E-state index contributed by atoms with van der Waals surface area (Å²) in [5, 5.41) is 10.3. The fourth-order valence-corrected chi connectivity index (χ4v) is 4.10. The van der Waals surface area contributed by atoms with Crippen LogP contribution in [0.3, 0.4) is 0 Å². The van der Waals surface area contributed by atoms with Crippen molar-refractivity contribution in [1.29, 1.82) is 0 Å². The van der Waals surface area contributed by atoms with E-state index >= 15 is 0 Å². The summed E-state index contributed by atoms with van der Waals surface area (Å²) in [7, 11) is 3.46. The van der Waals surface area contributed by atoms with Crippen LogP contribution in [0.2, 0.25) is 0 Å². The molecule has 0 amide bonds. The van der Waals surface area contributed by atoms with Crippen molar-refractivity contribution in [1.82, 2.24) is 4.90 Å². The van der Waals surface area contributed by atoms with Crippen molar-refractivity contribution in [3.8, 4) is 0 Å². The number of benzene rings is 1. The van der Waals surface area contributed by atoms with Gasteiger partial charge in [0.1, 0.15) is 0 Å². The van der Waals surface area contributed by atoms with E-state index in [0.717, 1.165) is 6.42 Å². The average Bonchev–Trinajstić information content (AvgIpc) is 2.66. The molecule has 1 aromatic carbocycles. The van der Waals surface area contributed by atoms with Crippen LogP contribution in [0, 0.1) is 12.8 Å². The molecule has 2 saturated heterocycles. The molecule has 1 aromatic rings. The van der Waals surface area contributed by atoms with Gasteiger partial charge in [-0.25, -0.2) is 0 Å². The molecule has 4 heteroatoms. The molecule has 1 N–H and O–H groups in total. The Balaban J connectivity index is 1.97. The van der Waals surface area contributed by atoms with Crippen molar-refractivity contribution >= 4 is 5.97 Å². The van der Waals surface area contributed by atoms with Crippen LogP contribution in [0.25, 0.3) is 0 Å². The number of piperidine rings is 1. The molecule has 114 valence electrons. The smallest absolute Gasteiger partial charge is 0.310 e. The van der Waals surface area contributed by atoms with Gasteiger partial charge >= 0.3 is 5.97 Å². The minimum atomic E-state index is -0.345. The maximum atomic E-state index is 12.3. The van der Waals surface area contributed by atoms with Gasteiger partial charge in [0.25, 0.3) is 0 Å². The van der Waals surface area contributed by atoms with E-state index in [0.29, 0.717) is 6.42 Å². The first-order valence-corrected chi connectivity index (χ1v) is 7.57. The largest absolute Gasteiger partial charge is 0.469 e. The van der Waals surface area contributed by atoms with E-state index < -0.39 is 0 Å². The van der Waals surface area contributed by atoms with E-state index in [4.69, 9.17) is 4.74 Å². The SMILES string of the molecule is COC(=O)[C@H]1[C@@H](c2ccc(C)cc2)C[C@@H]2[C@@H](O)C[C@H]1N2C. The van der Waals surface area contributed by atoms with Crippen LogP contribution in [0.5, 0.6) is 0 Å². The first kappa shape index (κ1) is 14.5. The van der Waals surface area contributed by atoms with Gasteiger partial charge in [-0.15, -0.1) is 0 Å². The number of carbonyl (C=O) groups is 1. The Kier molecular flexibility index (Phi) is 3.76. The second-order valence-corrected chi connectivity index (χ2v) is 6.41. The molecule has 0 aromatic heterocycles. The number of hydrogen-bond donors (Lipinski definition) is 1. The zero-order valence-corrected chi connectivity index (χ0v) is 12.8. The molecule has 2 aliphatic heterocycles. The first-order valence-electron chi connectivity index (χ1n) is 7.57. The van der Waals surface area contributed by atoms with Crippen LogP contribution >= 0.6 is 0 Å². The van der Waals surface area contributed by atoms with Crippen molar-refractivity contribution < 1.29 is 14.6 Å². The van der Waals surface area contributed by atoms with Gasteiger partial charge in [-0.3, -0.25) is 9.69 Å². The Hall–Kier alpha value is -1.39. The van der Waals surface area contributed by atoms with Crippen LogP contribution < -0.4 is 0 Å². The van der Waals surface area contributed by atoms with Crippen molar-refractivity contribution in [3.63, 3.8) is 0 Å². The monoisotopic (exact) mass is 289 g/mol. The minimum absolute atomic E-state index is 0.0671. The summed E-state index contributed by atoms with van der Waals surface area (Å²) < 4.78 is 5.05. The number of likely N-dealkylation sites (N-methyl/N-ethyl adjacent to an activating group) is 1. The molecule has 2 fully saturated rings. The number of esters is 1. The van der Waals surface area contributed by atoms with E-state index in [1.807, 2.05) is 7.05 Å². The van der Waals surface area contributed by atoms with E-state index in [1.54, 1.807) is 0 Å². The molecule has 0 spiro atoms. The number of nitrogens with zero attached hydrogens (tertiary/aromatic N) is 1. The lowest BCUT2D eigenvalue weighted by Gasteiger charge is -2.41. The number of rotatable bonds is 2. The predicted octanol–water partition coefficient (Wildman–Crippen LogP) is 1.71. The van der Waals surface area contributed by atoms with E-state index in [9.17, 15) is 9.90 Å². The topological polar surface area (TPSA) is 49.8 Å². The van der Waals surface area contributed by atoms with Crippen LogP contribution in [0.15, 0.2) is 24.3 Å². The molecule has 0 radical (unpaired) electrons. The molecule has 2 heterocycles. The highest BCUT2D eigenvalue weighted by Crippen LogP contribution is 2.46. The molecule has 4 nitrogen and oxygen atoms in total. The zero-order chi connectivity index (χ0) is 15.1. The van der Waals surface area contributed by atoms with Crippen molar-refractivity contribution in [2.45, 2.75) is 43.9 Å². The standard InChI is InChI=1S/C17H23NO3/c1-10-4-6-11(7-5-10)12-8-13-15(19)9-14(18(13)2)16(12)17(20)21-3/h4-7,12-16,19H,8-9H2,1-3H3/t12-,13-,14-,15+,16+/m1/s1. The number of aliphatic hydroxyl groups excluding tert-OH is 1. The lowest BCUT2D eigenvalue weighted by atomic mass is 9.76. The molecule has 2 aliphatic rings. The number of ether oxygens (including phenoxy) is 1. The summed E-state index contributed by atoms with van der Waals surface area (Å²) in [6, 6.07) is 8.58. The average molecular weight is 289 g/mol. The molecule has 2 bridgehead atoms. The van der Waals surface area contributed by atoms with Gasteiger partial charge in [-0.05, 0) is 32.4 Å². The number of aryl methyl sites for hydroxylation is 1. The molecule has 0 saturated carbocycles. The number of fused-ring (bicyclic) bond motifs is 2. The number of methoxy groups -OCH3 is 1. The lowest BCUT2D eigenvalue weighted by Crippen LogP contribution is -2.49. The van der Waals surface area contributed by atoms with Gasteiger partial charge in [-0.2, -0.15) is 0 Å². The molecule has 5 atom stereocenters. The summed E-state index contributed by atoms with van der Waals surface area (Å²) in [4.78, 5) is 14.5. The van der Waals surface area contributed by atoms with E-state index in [-0.39, 0.29) is 36.0 Å². The van der Waals surface area contributed by atoms with Crippen LogP contribution in [-0.4, -0.2) is 48.3 Å². The molecule has 0 unspecified atom stereocenters. The third-order valence-electron chi connectivity index (χ3n) is 5.30. The predicted molar refractivity (Wildman–Crippen MR) is 80.0 cm³/mol. The Labute approximate surface area is 125 Å².